The van der Waals surface area contributed by atoms with E-state index in [4.69, 9.17) is 5.11 Å². The fraction of sp³-hybridized carbons (Fsp3) is 0.250. The van der Waals surface area contributed by atoms with Crippen LogP contribution in [0.1, 0.15) is 27.0 Å². The molecule has 1 heterocycles. The second-order valence-corrected chi connectivity index (χ2v) is 7.35. The van der Waals surface area contributed by atoms with Crippen LogP contribution in [0, 0.1) is 16.0 Å². The standard InChI is InChI=1S/C20H18N4O6/c25-18-19(26)23-17-14-6-11(5-13(14)16(24(29)30)7-15(17)22-18)9-21-8-10-1-3-12(4-2-10)20(27)28/h1-4,7,11,21H,5-6,8-9H2,(H,22,25)(H,23,26)(H,27,28). The van der Waals surface area contributed by atoms with Crippen molar-refractivity contribution in [3.8, 4) is 0 Å². The molecule has 10 heteroatoms. The molecule has 4 rings (SSSR count). The monoisotopic (exact) mass is 410 g/mol. The third kappa shape index (κ3) is 3.60. The molecular weight excluding hydrogens is 392 g/mol. The Morgan fingerprint density at radius 2 is 1.80 bits per heavy atom. The Labute approximate surface area is 168 Å². The van der Waals surface area contributed by atoms with Gasteiger partial charge in [0.1, 0.15) is 0 Å². The van der Waals surface area contributed by atoms with E-state index in [-0.39, 0.29) is 22.7 Å². The number of carboxylic acids is 1. The predicted molar refractivity (Wildman–Crippen MR) is 108 cm³/mol. The van der Waals surface area contributed by atoms with Crippen LogP contribution in [0.4, 0.5) is 5.69 Å². The van der Waals surface area contributed by atoms with Crippen molar-refractivity contribution < 1.29 is 14.8 Å². The lowest BCUT2D eigenvalue weighted by Crippen LogP contribution is -2.29. The summed E-state index contributed by atoms with van der Waals surface area (Å²) in [6, 6.07) is 7.85. The van der Waals surface area contributed by atoms with Gasteiger partial charge in [-0.25, -0.2) is 4.79 Å². The number of fused-ring (bicyclic) bond motifs is 3. The topological polar surface area (TPSA) is 158 Å². The number of H-pyrrole nitrogens is 2. The van der Waals surface area contributed by atoms with Crippen molar-refractivity contribution in [1.82, 2.24) is 15.3 Å². The van der Waals surface area contributed by atoms with Gasteiger partial charge in [0.05, 0.1) is 21.5 Å². The number of aromatic amines is 2. The molecule has 1 atom stereocenters. The van der Waals surface area contributed by atoms with Gasteiger partial charge in [-0.3, -0.25) is 19.7 Å². The molecule has 0 spiro atoms. The van der Waals surface area contributed by atoms with E-state index in [9.17, 15) is 24.5 Å². The molecule has 1 aliphatic carbocycles. The number of rotatable bonds is 6. The van der Waals surface area contributed by atoms with E-state index in [0.29, 0.717) is 42.6 Å². The Bertz CT molecular complexity index is 1280. The van der Waals surface area contributed by atoms with E-state index in [1.807, 2.05) is 0 Å². The summed E-state index contributed by atoms with van der Waals surface area (Å²) in [6.45, 7) is 1.11. The number of nitro benzene ring substituents is 1. The van der Waals surface area contributed by atoms with Crippen LogP contribution in [0.3, 0.4) is 0 Å². The van der Waals surface area contributed by atoms with Crippen LogP contribution in [-0.2, 0) is 19.4 Å². The molecule has 4 N–H and O–H groups in total. The molecule has 30 heavy (non-hydrogen) atoms. The zero-order valence-electron chi connectivity index (χ0n) is 15.7. The zero-order chi connectivity index (χ0) is 21.4. The minimum atomic E-state index is -0.980. The lowest BCUT2D eigenvalue weighted by atomic mass is 10.1. The molecule has 0 amide bonds. The Morgan fingerprint density at radius 1 is 1.13 bits per heavy atom. The van der Waals surface area contributed by atoms with Gasteiger partial charge >= 0.3 is 17.1 Å². The maximum absolute atomic E-state index is 11.7. The lowest BCUT2D eigenvalue weighted by Gasteiger charge is -2.11. The van der Waals surface area contributed by atoms with Gasteiger partial charge in [-0.1, -0.05) is 12.1 Å². The molecule has 1 aliphatic rings. The van der Waals surface area contributed by atoms with Crippen LogP contribution in [0.15, 0.2) is 39.9 Å². The smallest absolute Gasteiger partial charge is 0.335 e. The minimum absolute atomic E-state index is 0.0630. The van der Waals surface area contributed by atoms with Crippen LogP contribution < -0.4 is 16.4 Å². The summed E-state index contributed by atoms with van der Waals surface area (Å²) in [7, 11) is 0. The van der Waals surface area contributed by atoms with E-state index in [1.54, 1.807) is 12.1 Å². The molecule has 0 aliphatic heterocycles. The van der Waals surface area contributed by atoms with Crippen molar-refractivity contribution in [3.63, 3.8) is 0 Å². The first-order valence-electron chi connectivity index (χ1n) is 9.32. The summed E-state index contributed by atoms with van der Waals surface area (Å²) < 4.78 is 0. The summed E-state index contributed by atoms with van der Waals surface area (Å²) >= 11 is 0. The van der Waals surface area contributed by atoms with Crippen molar-refractivity contribution >= 4 is 22.7 Å². The first kappa shape index (κ1) is 19.5. The number of benzene rings is 2. The molecule has 0 saturated heterocycles. The molecular formula is C20H18N4O6. The highest BCUT2D eigenvalue weighted by atomic mass is 16.6. The highest BCUT2D eigenvalue weighted by Gasteiger charge is 2.31. The number of nitrogens with zero attached hydrogens (tertiary/aromatic N) is 1. The number of carboxylic acid groups (broad SMARTS) is 1. The lowest BCUT2D eigenvalue weighted by molar-refractivity contribution is -0.385. The third-order valence-corrected chi connectivity index (χ3v) is 5.36. The van der Waals surface area contributed by atoms with Gasteiger partial charge in [0, 0.05) is 18.2 Å². The fourth-order valence-corrected chi connectivity index (χ4v) is 3.95. The Hall–Kier alpha value is -3.79. The van der Waals surface area contributed by atoms with E-state index < -0.39 is 22.0 Å². The molecule has 0 bridgehead atoms. The van der Waals surface area contributed by atoms with Crippen LogP contribution in [0.25, 0.3) is 11.0 Å². The molecule has 154 valence electrons. The zero-order valence-corrected chi connectivity index (χ0v) is 15.7. The number of aromatic nitrogens is 2. The van der Waals surface area contributed by atoms with E-state index in [1.165, 1.54) is 18.2 Å². The summed E-state index contributed by atoms with van der Waals surface area (Å²) in [5, 5.41) is 23.8. The van der Waals surface area contributed by atoms with Crippen molar-refractivity contribution in [2.75, 3.05) is 6.54 Å². The summed E-state index contributed by atoms with van der Waals surface area (Å²) in [6.07, 6.45) is 1.01. The number of carbonyl (C=O) groups is 1. The Morgan fingerprint density at radius 3 is 2.47 bits per heavy atom. The molecule has 0 radical (unpaired) electrons. The SMILES string of the molecule is O=C(O)c1ccc(CNCC2Cc3c([N+](=O)[O-])cc4[nH]c(=O)c(=O)[nH]c4c3C2)cc1. The average Bonchev–Trinajstić information content (AvgIpc) is 3.13. The molecule has 1 aromatic heterocycles. The minimum Gasteiger partial charge on any atom is -0.478 e. The van der Waals surface area contributed by atoms with Gasteiger partial charge in [0.2, 0.25) is 0 Å². The van der Waals surface area contributed by atoms with Crippen molar-refractivity contribution in [2.24, 2.45) is 5.92 Å². The van der Waals surface area contributed by atoms with Gasteiger partial charge in [-0.15, -0.1) is 0 Å². The number of nitrogens with one attached hydrogen (secondary N) is 3. The van der Waals surface area contributed by atoms with Gasteiger partial charge < -0.3 is 20.4 Å². The third-order valence-electron chi connectivity index (χ3n) is 5.36. The molecule has 1 unspecified atom stereocenters. The first-order valence-corrected chi connectivity index (χ1v) is 9.32. The molecule has 10 nitrogen and oxygen atoms in total. The molecule has 3 aromatic rings. The second-order valence-electron chi connectivity index (χ2n) is 7.35. The quantitative estimate of drug-likeness (QED) is 0.271. The highest BCUT2D eigenvalue weighted by Crippen LogP contribution is 2.37. The largest absolute Gasteiger partial charge is 0.478 e. The Kier molecular flexibility index (Phi) is 4.92. The maximum Gasteiger partial charge on any atom is 0.335 e. The van der Waals surface area contributed by atoms with Gasteiger partial charge in [-0.05, 0) is 48.6 Å². The van der Waals surface area contributed by atoms with Crippen LogP contribution in [-0.4, -0.2) is 32.5 Å². The summed E-state index contributed by atoms with van der Waals surface area (Å²) in [5.41, 5.74) is 1.39. The van der Waals surface area contributed by atoms with Crippen molar-refractivity contribution in [2.45, 2.75) is 19.4 Å². The normalized spacial score (nSPS) is 15.3. The molecule has 0 fully saturated rings. The first-order chi connectivity index (χ1) is 14.3. The number of hydrogen-bond acceptors (Lipinski definition) is 6. The summed E-state index contributed by atoms with van der Waals surface area (Å²) in [5.74, 6) is -0.899. The maximum atomic E-state index is 11.7. The van der Waals surface area contributed by atoms with Gasteiger partial charge in [0.15, 0.2) is 0 Å². The van der Waals surface area contributed by atoms with E-state index in [0.717, 1.165) is 5.56 Å². The van der Waals surface area contributed by atoms with Crippen LogP contribution >= 0.6 is 0 Å². The van der Waals surface area contributed by atoms with Crippen LogP contribution in [0.2, 0.25) is 0 Å². The Balaban J connectivity index is 1.52. The van der Waals surface area contributed by atoms with E-state index in [2.05, 4.69) is 15.3 Å². The number of nitro groups is 1. The number of aromatic carboxylic acids is 1. The van der Waals surface area contributed by atoms with Crippen molar-refractivity contribution in [1.29, 1.82) is 0 Å². The van der Waals surface area contributed by atoms with Gasteiger partial charge in [0.25, 0.3) is 5.69 Å². The van der Waals surface area contributed by atoms with Crippen LogP contribution in [0.5, 0.6) is 0 Å². The highest BCUT2D eigenvalue weighted by molar-refractivity contribution is 5.87. The summed E-state index contributed by atoms with van der Waals surface area (Å²) in [4.78, 5) is 50.3. The second kappa shape index (κ2) is 7.56. The predicted octanol–water partition coefficient (Wildman–Crippen LogP) is 1.33. The van der Waals surface area contributed by atoms with Gasteiger partial charge in [-0.2, -0.15) is 0 Å². The molecule has 0 saturated carbocycles. The number of hydrogen-bond donors (Lipinski definition) is 4. The van der Waals surface area contributed by atoms with Crippen molar-refractivity contribution in [3.05, 3.63) is 83.4 Å². The molecule has 2 aromatic carbocycles. The van der Waals surface area contributed by atoms with E-state index >= 15 is 0 Å². The fourth-order valence-electron chi connectivity index (χ4n) is 3.95. The average molecular weight is 410 g/mol.